The number of allylic oxidation sites excluding steroid dienone is 2. The van der Waals surface area contributed by atoms with Gasteiger partial charge < -0.3 is 5.32 Å². The van der Waals surface area contributed by atoms with Crippen LogP contribution in [-0.4, -0.2) is 15.2 Å². The minimum absolute atomic E-state index is 0.0942. The number of aromatic nitrogens is 3. The Morgan fingerprint density at radius 1 is 1.19 bits per heavy atom. The van der Waals surface area contributed by atoms with Crippen LogP contribution in [0.3, 0.4) is 0 Å². The van der Waals surface area contributed by atoms with Crippen molar-refractivity contribution < 1.29 is 0 Å². The summed E-state index contributed by atoms with van der Waals surface area (Å²) in [6.45, 7) is 1.79. The van der Waals surface area contributed by atoms with Crippen molar-refractivity contribution >= 4 is 5.69 Å². The molecule has 1 heterocycles. The minimum atomic E-state index is -0.267. The molecule has 1 aromatic carbocycles. The summed E-state index contributed by atoms with van der Waals surface area (Å²) in [6.07, 6.45) is 0. The molecule has 1 aromatic heterocycles. The molecule has 0 saturated heterocycles. The maximum Gasteiger partial charge on any atom is 0.181 e. The summed E-state index contributed by atoms with van der Waals surface area (Å²) in [7, 11) is 0. The third-order valence-corrected chi connectivity index (χ3v) is 2.57. The zero-order valence-electron chi connectivity index (χ0n) is 11.0. The zero-order chi connectivity index (χ0) is 15.2. The highest BCUT2D eigenvalue weighted by Crippen LogP contribution is 2.20. The SMILES string of the molecule is Cc1nc(-c2cccc(NC(C#N)=C(C#N)C#N)c2)n[nH]1. The van der Waals surface area contributed by atoms with E-state index < -0.39 is 0 Å². The Kier molecular flexibility index (Phi) is 3.95. The van der Waals surface area contributed by atoms with Gasteiger partial charge >= 0.3 is 0 Å². The molecule has 0 radical (unpaired) electrons. The quantitative estimate of drug-likeness (QED) is 0.825. The molecule has 7 heteroatoms. The highest BCUT2D eigenvalue weighted by molar-refractivity contribution is 5.65. The van der Waals surface area contributed by atoms with E-state index in [4.69, 9.17) is 15.8 Å². The summed E-state index contributed by atoms with van der Waals surface area (Å²) in [5, 5.41) is 36.1. The molecule has 0 spiro atoms. The van der Waals surface area contributed by atoms with E-state index in [1.807, 2.05) is 6.07 Å². The topological polar surface area (TPSA) is 125 Å². The molecule has 2 aromatic rings. The van der Waals surface area contributed by atoms with E-state index in [2.05, 4.69) is 20.5 Å². The van der Waals surface area contributed by atoms with E-state index in [1.54, 1.807) is 43.3 Å². The highest BCUT2D eigenvalue weighted by Gasteiger charge is 2.08. The minimum Gasteiger partial charge on any atom is -0.345 e. The van der Waals surface area contributed by atoms with Gasteiger partial charge in [-0.05, 0) is 19.1 Å². The van der Waals surface area contributed by atoms with Gasteiger partial charge in [-0.15, -0.1) is 0 Å². The summed E-state index contributed by atoms with van der Waals surface area (Å²) in [5.74, 6) is 1.22. The van der Waals surface area contributed by atoms with Gasteiger partial charge in [-0.25, -0.2) is 4.98 Å². The number of nitriles is 3. The average molecular weight is 275 g/mol. The van der Waals surface area contributed by atoms with E-state index in [0.29, 0.717) is 17.3 Å². The number of benzene rings is 1. The standard InChI is InChI=1S/C14H9N7/c1-9-18-14(21-20-9)10-3-2-4-12(5-10)19-13(8-17)11(6-15)7-16/h2-5,19H,1H3,(H,18,20,21). The fraction of sp³-hybridized carbons (Fsp3) is 0.0714. The van der Waals surface area contributed by atoms with Gasteiger partial charge in [-0.1, -0.05) is 12.1 Å². The lowest BCUT2D eigenvalue weighted by molar-refractivity contribution is 1.04. The molecule has 7 nitrogen and oxygen atoms in total. The summed E-state index contributed by atoms with van der Waals surface area (Å²) >= 11 is 0. The van der Waals surface area contributed by atoms with Gasteiger partial charge in [-0.3, -0.25) is 5.10 Å². The molecule has 0 aliphatic carbocycles. The second kappa shape index (κ2) is 6.01. The first-order valence-electron chi connectivity index (χ1n) is 5.89. The van der Waals surface area contributed by atoms with Crippen LogP contribution in [0.15, 0.2) is 35.5 Å². The molecule has 21 heavy (non-hydrogen) atoms. The van der Waals surface area contributed by atoms with Crippen molar-refractivity contribution in [1.82, 2.24) is 15.2 Å². The van der Waals surface area contributed by atoms with Crippen LogP contribution in [0.1, 0.15) is 5.82 Å². The maximum absolute atomic E-state index is 9.01. The van der Waals surface area contributed by atoms with Crippen molar-refractivity contribution in [1.29, 1.82) is 15.8 Å². The first-order valence-corrected chi connectivity index (χ1v) is 5.89. The second-order valence-electron chi connectivity index (χ2n) is 4.04. The third kappa shape index (κ3) is 3.04. The summed E-state index contributed by atoms with van der Waals surface area (Å²) < 4.78 is 0. The maximum atomic E-state index is 9.01. The lowest BCUT2D eigenvalue weighted by Gasteiger charge is -2.05. The molecule has 0 aliphatic heterocycles. The number of H-pyrrole nitrogens is 1. The number of anilines is 1. The number of hydrogen-bond donors (Lipinski definition) is 2. The largest absolute Gasteiger partial charge is 0.345 e. The Morgan fingerprint density at radius 3 is 2.52 bits per heavy atom. The molecule has 0 atom stereocenters. The van der Waals surface area contributed by atoms with Crippen molar-refractivity contribution in [3.8, 4) is 29.6 Å². The number of rotatable bonds is 3. The van der Waals surface area contributed by atoms with Crippen LogP contribution >= 0.6 is 0 Å². The Morgan fingerprint density at radius 2 is 1.95 bits per heavy atom. The molecule has 0 fully saturated rings. The fourth-order valence-corrected chi connectivity index (χ4v) is 1.64. The number of nitrogens with zero attached hydrogens (tertiary/aromatic N) is 5. The molecule has 0 saturated carbocycles. The van der Waals surface area contributed by atoms with Crippen LogP contribution in [0, 0.1) is 40.9 Å². The molecule has 2 N–H and O–H groups in total. The number of hydrogen-bond acceptors (Lipinski definition) is 6. The van der Waals surface area contributed by atoms with Crippen molar-refractivity contribution in [3.63, 3.8) is 0 Å². The molecule has 100 valence electrons. The van der Waals surface area contributed by atoms with Crippen LogP contribution in [0.2, 0.25) is 0 Å². The van der Waals surface area contributed by atoms with E-state index in [0.717, 1.165) is 5.56 Å². The first-order chi connectivity index (χ1) is 10.2. The van der Waals surface area contributed by atoms with Crippen LogP contribution in [-0.2, 0) is 0 Å². The van der Waals surface area contributed by atoms with Crippen LogP contribution in [0.5, 0.6) is 0 Å². The smallest absolute Gasteiger partial charge is 0.181 e. The summed E-state index contributed by atoms with van der Waals surface area (Å²) in [4.78, 5) is 4.21. The van der Waals surface area contributed by atoms with E-state index in [1.165, 1.54) is 0 Å². The van der Waals surface area contributed by atoms with Crippen LogP contribution in [0.25, 0.3) is 11.4 Å². The van der Waals surface area contributed by atoms with E-state index in [-0.39, 0.29) is 11.3 Å². The Balaban J connectivity index is 2.36. The lowest BCUT2D eigenvalue weighted by atomic mass is 10.1. The van der Waals surface area contributed by atoms with Gasteiger partial charge in [-0.2, -0.15) is 20.9 Å². The Hall–Kier alpha value is -3.63. The van der Waals surface area contributed by atoms with Gasteiger partial charge in [0.2, 0.25) is 0 Å². The molecule has 0 bridgehead atoms. The van der Waals surface area contributed by atoms with E-state index in [9.17, 15) is 0 Å². The molecular formula is C14H9N7. The Bertz CT molecular complexity index is 808. The average Bonchev–Trinajstić information content (AvgIpc) is 2.94. The second-order valence-corrected chi connectivity index (χ2v) is 4.04. The predicted octanol–water partition coefficient (Wildman–Crippen LogP) is 2.02. The van der Waals surface area contributed by atoms with Crippen molar-refractivity contribution in [2.24, 2.45) is 0 Å². The van der Waals surface area contributed by atoms with Crippen LogP contribution in [0.4, 0.5) is 5.69 Å². The third-order valence-electron chi connectivity index (χ3n) is 2.57. The number of nitrogens with one attached hydrogen (secondary N) is 2. The van der Waals surface area contributed by atoms with Gasteiger partial charge in [0.05, 0.1) is 0 Å². The molecule has 0 amide bonds. The highest BCUT2D eigenvalue weighted by atomic mass is 15.2. The fourth-order valence-electron chi connectivity index (χ4n) is 1.64. The van der Waals surface area contributed by atoms with E-state index >= 15 is 0 Å². The molecular weight excluding hydrogens is 266 g/mol. The number of aryl methyl sites for hydroxylation is 1. The van der Waals surface area contributed by atoms with Gasteiger partial charge in [0.15, 0.2) is 11.4 Å². The van der Waals surface area contributed by atoms with Crippen molar-refractivity contribution in [3.05, 3.63) is 41.4 Å². The van der Waals surface area contributed by atoms with Crippen molar-refractivity contribution in [2.75, 3.05) is 5.32 Å². The molecule has 0 unspecified atom stereocenters. The van der Waals surface area contributed by atoms with Crippen LogP contribution < -0.4 is 5.32 Å². The van der Waals surface area contributed by atoms with Gasteiger partial charge in [0.25, 0.3) is 0 Å². The Labute approximate surface area is 120 Å². The normalized spacial score (nSPS) is 9.05. The monoisotopic (exact) mass is 275 g/mol. The zero-order valence-corrected chi connectivity index (χ0v) is 11.0. The summed E-state index contributed by atoms with van der Waals surface area (Å²) in [5.41, 5.74) is 0.951. The lowest BCUT2D eigenvalue weighted by Crippen LogP contribution is -2.00. The first kappa shape index (κ1) is 13.8. The summed E-state index contributed by atoms with van der Waals surface area (Å²) in [6, 6.07) is 12.2. The van der Waals surface area contributed by atoms with Gasteiger partial charge in [0, 0.05) is 11.3 Å². The predicted molar refractivity (Wildman–Crippen MR) is 74.0 cm³/mol. The molecule has 0 aliphatic rings. The number of aromatic amines is 1. The van der Waals surface area contributed by atoms with Gasteiger partial charge in [0.1, 0.15) is 29.7 Å². The van der Waals surface area contributed by atoms with Crippen molar-refractivity contribution in [2.45, 2.75) is 6.92 Å². The molecule has 2 rings (SSSR count).